The molecule has 1 fully saturated rings. The summed E-state index contributed by atoms with van der Waals surface area (Å²) in [4.78, 5) is 0. The Hall–Kier alpha value is -0.420. The van der Waals surface area contributed by atoms with E-state index in [1.165, 1.54) is 12.0 Å². The second-order valence-corrected chi connectivity index (χ2v) is 5.81. The summed E-state index contributed by atoms with van der Waals surface area (Å²) < 4.78 is 1.09. The molecule has 3 nitrogen and oxygen atoms in total. The van der Waals surface area contributed by atoms with E-state index in [4.69, 9.17) is 5.73 Å². The van der Waals surface area contributed by atoms with Crippen LogP contribution in [-0.2, 0) is 0 Å². The summed E-state index contributed by atoms with van der Waals surface area (Å²) >= 11 is 3.57. The van der Waals surface area contributed by atoms with E-state index < -0.39 is 0 Å². The lowest BCUT2D eigenvalue weighted by Crippen LogP contribution is -2.40. The lowest BCUT2D eigenvalue weighted by atomic mass is 10.0. The zero-order valence-electron chi connectivity index (χ0n) is 10.5. The highest BCUT2D eigenvalue weighted by molar-refractivity contribution is 9.10. The van der Waals surface area contributed by atoms with Crippen LogP contribution in [0, 0.1) is 5.92 Å². The van der Waals surface area contributed by atoms with Gasteiger partial charge >= 0.3 is 0 Å². The summed E-state index contributed by atoms with van der Waals surface area (Å²) in [7, 11) is 0. The number of aliphatic hydroxyl groups excluding tert-OH is 1. The minimum Gasteiger partial charge on any atom is -0.396 e. The molecular formula is C14H21BrN2O. The number of rotatable bonds is 5. The Balaban J connectivity index is 2.08. The Morgan fingerprint density at radius 2 is 2.17 bits per heavy atom. The molecule has 1 aliphatic rings. The maximum absolute atomic E-state index is 9.37. The molecule has 3 atom stereocenters. The smallest absolute Gasteiger partial charge is 0.0474 e. The molecule has 0 aliphatic heterocycles. The number of aliphatic hydroxyl groups is 1. The normalized spacial score (nSPS) is 25.3. The fourth-order valence-electron chi connectivity index (χ4n) is 2.78. The Kier molecular flexibility index (Phi) is 5.18. The Bertz CT molecular complexity index is 386. The van der Waals surface area contributed by atoms with Gasteiger partial charge in [0.05, 0.1) is 0 Å². The lowest BCUT2D eigenvalue weighted by Gasteiger charge is -2.26. The number of hydrogen-bond donors (Lipinski definition) is 3. The highest BCUT2D eigenvalue weighted by Crippen LogP contribution is 2.29. The molecule has 18 heavy (non-hydrogen) atoms. The summed E-state index contributed by atoms with van der Waals surface area (Å²) in [6.45, 7) is 0.835. The van der Waals surface area contributed by atoms with E-state index >= 15 is 0 Å². The maximum atomic E-state index is 9.37. The van der Waals surface area contributed by atoms with E-state index in [0.29, 0.717) is 18.5 Å². The molecule has 0 bridgehead atoms. The molecule has 1 aromatic rings. The minimum atomic E-state index is 0.151. The minimum absolute atomic E-state index is 0.151. The summed E-state index contributed by atoms with van der Waals surface area (Å²) in [5, 5.41) is 13.0. The average molecular weight is 313 g/mol. The van der Waals surface area contributed by atoms with Gasteiger partial charge in [0, 0.05) is 29.7 Å². The number of nitrogens with one attached hydrogen (secondary N) is 1. The van der Waals surface area contributed by atoms with Gasteiger partial charge in [-0.1, -0.05) is 40.5 Å². The van der Waals surface area contributed by atoms with Crippen molar-refractivity contribution < 1.29 is 5.11 Å². The third kappa shape index (κ3) is 3.12. The highest BCUT2D eigenvalue weighted by atomic mass is 79.9. The van der Waals surface area contributed by atoms with Crippen LogP contribution < -0.4 is 11.1 Å². The molecule has 0 saturated heterocycles. The number of halogens is 1. The van der Waals surface area contributed by atoms with Crippen molar-refractivity contribution in [3.05, 3.63) is 34.3 Å². The van der Waals surface area contributed by atoms with Crippen molar-refractivity contribution in [2.24, 2.45) is 11.7 Å². The van der Waals surface area contributed by atoms with Gasteiger partial charge in [-0.15, -0.1) is 0 Å². The Morgan fingerprint density at radius 3 is 2.83 bits per heavy atom. The van der Waals surface area contributed by atoms with Gasteiger partial charge < -0.3 is 16.2 Å². The van der Waals surface area contributed by atoms with Crippen molar-refractivity contribution in [2.45, 2.75) is 31.3 Å². The van der Waals surface area contributed by atoms with E-state index in [9.17, 15) is 5.11 Å². The molecule has 3 unspecified atom stereocenters. The summed E-state index contributed by atoms with van der Waals surface area (Å²) in [5.74, 6) is 0.376. The van der Waals surface area contributed by atoms with Crippen LogP contribution >= 0.6 is 15.9 Å². The summed E-state index contributed by atoms with van der Waals surface area (Å²) in [6, 6.07) is 8.71. The number of nitrogens with two attached hydrogens (primary N) is 1. The Morgan fingerprint density at radius 1 is 1.39 bits per heavy atom. The van der Waals surface area contributed by atoms with Crippen molar-refractivity contribution in [3.8, 4) is 0 Å². The molecule has 4 heteroatoms. The van der Waals surface area contributed by atoms with E-state index in [1.54, 1.807) is 0 Å². The van der Waals surface area contributed by atoms with Crippen LogP contribution in [0.3, 0.4) is 0 Å². The standard InChI is InChI=1S/C14H21BrN2O/c15-12-6-2-1-5-11(12)14(8-16)17-13-7-3-4-10(13)9-18/h1-2,5-6,10,13-14,17-18H,3-4,7-9,16H2. The summed E-state index contributed by atoms with van der Waals surface area (Å²) in [6.07, 6.45) is 3.43. The van der Waals surface area contributed by atoms with Gasteiger partial charge in [0.25, 0.3) is 0 Å². The lowest BCUT2D eigenvalue weighted by molar-refractivity contribution is 0.199. The van der Waals surface area contributed by atoms with E-state index in [-0.39, 0.29) is 12.6 Å². The third-order valence-electron chi connectivity index (χ3n) is 3.83. The molecule has 0 radical (unpaired) electrons. The molecule has 0 heterocycles. The fraction of sp³-hybridized carbons (Fsp3) is 0.571. The first-order chi connectivity index (χ1) is 8.76. The molecule has 2 rings (SSSR count). The number of hydrogen-bond acceptors (Lipinski definition) is 3. The van der Waals surface area contributed by atoms with E-state index in [2.05, 4.69) is 27.3 Å². The predicted octanol–water partition coefficient (Wildman–Crippen LogP) is 2.20. The maximum Gasteiger partial charge on any atom is 0.0474 e. The topological polar surface area (TPSA) is 58.3 Å². The van der Waals surface area contributed by atoms with Crippen LogP contribution in [0.2, 0.25) is 0 Å². The quantitative estimate of drug-likeness (QED) is 0.781. The van der Waals surface area contributed by atoms with Crippen molar-refractivity contribution in [3.63, 3.8) is 0 Å². The molecule has 0 aromatic heterocycles. The molecule has 1 saturated carbocycles. The molecule has 100 valence electrons. The first kappa shape index (κ1) is 14.0. The van der Waals surface area contributed by atoms with Gasteiger partial charge in [-0.2, -0.15) is 0 Å². The van der Waals surface area contributed by atoms with Crippen molar-refractivity contribution in [1.29, 1.82) is 0 Å². The molecular weight excluding hydrogens is 292 g/mol. The average Bonchev–Trinajstić information content (AvgIpc) is 2.84. The van der Waals surface area contributed by atoms with Crippen LogP contribution in [0.4, 0.5) is 0 Å². The molecule has 4 N–H and O–H groups in total. The monoisotopic (exact) mass is 312 g/mol. The van der Waals surface area contributed by atoms with Crippen LogP contribution in [0.5, 0.6) is 0 Å². The van der Waals surface area contributed by atoms with E-state index in [0.717, 1.165) is 17.3 Å². The van der Waals surface area contributed by atoms with Crippen LogP contribution in [0.25, 0.3) is 0 Å². The second kappa shape index (κ2) is 6.66. The number of benzene rings is 1. The van der Waals surface area contributed by atoms with Crippen LogP contribution in [-0.4, -0.2) is 24.3 Å². The van der Waals surface area contributed by atoms with Crippen LogP contribution in [0.15, 0.2) is 28.7 Å². The van der Waals surface area contributed by atoms with Gasteiger partial charge in [-0.05, 0) is 30.4 Å². The third-order valence-corrected chi connectivity index (χ3v) is 4.55. The molecule has 1 aliphatic carbocycles. The van der Waals surface area contributed by atoms with Crippen molar-refractivity contribution in [2.75, 3.05) is 13.2 Å². The second-order valence-electron chi connectivity index (χ2n) is 4.96. The van der Waals surface area contributed by atoms with Gasteiger partial charge in [-0.3, -0.25) is 0 Å². The highest BCUT2D eigenvalue weighted by Gasteiger charge is 2.28. The van der Waals surface area contributed by atoms with Crippen molar-refractivity contribution >= 4 is 15.9 Å². The molecule has 0 amide bonds. The SMILES string of the molecule is NCC(NC1CCCC1CO)c1ccccc1Br. The molecule has 1 aromatic carbocycles. The van der Waals surface area contributed by atoms with Crippen molar-refractivity contribution in [1.82, 2.24) is 5.32 Å². The summed E-state index contributed by atoms with van der Waals surface area (Å²) in [5.41, 5.74) is 7.09. The van der Waals surface area contributed by atoms with Crippen LogP contribution in [0.1, 0.15) is 30.9 Å². The molecule has 0 spiro atoms. The van der Waals surface area contributed by atoms with Gasteiger partial charge in [-0.25, -0.2) is 0 Å². The van der Waals surface area contributed by atoms with Gasteiger partial charge in [0.2, 0.25) is 0 Å². The fourth-order valence-corrected chi connectivity index (χ4v) is 3.34. The predicted molar refractivity (Wildman–Crippen MR) is 77.3 cm³/mol. The zero-order valence-corrected chi connectivity index (χ0v) is 12.1. The largest absolute Gasteiger partial charge is 0.396 e. The Labute approximate surface area is 117 Å². The first-order valence-corrected chi connectivity index (χ1v) is 7.37. The first-order valence-electron chi connectivity index (χ1n) is 6.57. The van der Waals surface area contributed by atoms with E-state index in [1.807, 2.05) is 18.2 Å². The van der Waals surface area contributed by atoms with Gasteiger partial charge in [0.15, 0.2) is 0 Å². The van der Waals surface area contributed by atoms with Gasteiger partial charge in [0.1, 0.15) is 0 Å². The zero-order chi connectivity index (χ0) is 13.0.